The van der Waals surface area contributed by atoms with Crippen LogP contribution < -0.4 is 11.1 Å². The van der Waals surface area contributed by atoms with Crippen molar-refractivity contribution in [3.8, 4) is 0 Å². The third-order valence-corrected chi connectivity index (χ3v) is 3.72. The maximum Gasteiger partial charge on any atom is 0.241 e. The number of nitrogens with one attached hydrogen (secondary N) is 1. The molecule has 0 saturated carbocycles. The molecule has 3 N–H and O–H groups in total. The number of halogens is 2. The van der Waals surface area contributed by atoms with Crippen molar-refractivity contribution >= 4 is 27.5 Å². The predicted octanol–water partition coefficient (Wildman–Crippen LogP) is 3.49. The van der Waals surface area contributed by atoms with Crippen LogP contribution in [0.5, 0.6) is 0 Å². The fourth-order valence-electron chi connectivity index (χ4n) is 1.91. The van der Waals surface area contributed by atoms with Gasteiger partial charge in [-0.1, -0.05) is 30.3 Å². The summed E-state index contributed by atoms with van der Waals surface area (Å²) < 4.78 is 13.4. The number of carbonyl (C=O) groups is 1. The predicted molar refractivity (Wildman–Crippen MR) is 85.5 cm³/mol. The van der Waals surface area contributed by atoms with Crippen LogP contribution in [-0.2, 0) is 11.2 Å². The molecule has 1 amide bonds. The van der Waals surface area contributed by atoms with Gasteiger partial charge in [0.1, 0.15) is 5.82 Å². The second-order valence-corrected chi connectivity index (χ2v) is 5.60. The van der Waals surface area contributed by atoms with Crippen molar-refractivity contribution in [1.82, 2.24) is 0 Å². The zero-order valence-electron chi connectivity index (χ0n) is 11.4. The summed E-state index contributed by atoms with van der Waals surface area (Å²) in [5, 5.41) is 2.69. The van der Waals surface area contributed by atoms with E-state index in [0.717, 1.165) is 12.0 Å². The van der Waals surface area contributed by atoms with Crippen LogP contribution >= 0.6 is 15.9 Å². The molecule has 2 aromatic rings. The Morgan fingerprint density at radius 1 is 1.24 bits per heavy atom. The van der Waals surface area contributed by atoms with Gasteiger partial charge < -0.3 is 11.1 Å². The minimum Gasteiger partial charge on any atom is -0.325 e. The number of rotatable bonds is 5. The van der Waals surface area contributed by atoms with Gasteiger partial charge in [0.2, 0.25) is 5.91 Å². The number of nitrogens with two attached hydrogens (primary N) is 1. The van der Waals surface area contributed by atoms with Gasteiger partial charge in [-0.2, -0.15) is 0 Å². The van der Waals surface area contributed by atoms with Gasteiger partial charge in [-0.3, -0.25) is 4.79 Å². The van der Waals surface area contributed by atoms with Crippen LogP contribution in [0.3, 0.4) is 0 Å². The Labute approximate surface area is 131 Å². The third-order valence-electron chi connectivity index (χ3n) is 3.11. The van der Waals surface area contributed by atoms with Crippen molar-refractivity contribution in [3.63, 3.8) is 0 Å². The van der Waals surface area contributed by atoms with Crippen LogP contribution in [0.2, 0.25) is 0 Å². The number of carbonyl (C=O) groups excluding carboxylic acids is 1. The van der Waals surface area contributed by atoms with E-state index in [0.29, 0.717) is 16.6 Å². The lowest BCUT2D eigenvalue weighted by Gasteiger charge is -2.12. The second kappa shape index (κ2) is 7.33. The maximum atomic E-state index is 13.1. The molecule has 0 aliphatic heterocycles. The van der Waals surface area contributed by atoms with Crippen LogP contribution in [0.1, 0.15) is 12.0 Å². The molecule has 0 aliphatic carbocycles. The van der Waals surface area contributed by atoms with Gasteiger partial charge in [0.25, 0.3) is 0 Å². The fraction of sp³-hybridized carbons (Fsp3) is 0.188. The van der Waals surface area contributed by atoms with Gasteiger partial charge in [0.05, 0.1) is 10.5 Å². The summed E-state index contributed by atoms with van der Waals surface area (Å²) in [7, 11) is 0. The van der Waals surface area contributed by atoms with Crippen molar-refractivity contribution < 1.29 is 9.18 Å². The fourth-order valence-corrected chi connectivity index (χ4v) is 2.29. The molecule has 0 heterocycles. The highest BCUT2D eigenvalue weighted by Gasteiger charge is 2.14. The van der Waals surface area contributed by atoms with E-state index < -0.39 is 6.04 Å². The number of hydrogen-bond donors (Lipinski definition) is 2. The molecule has 0 fully saturated rings. The Morgan fingerprint density at radius 3 is 2.62 bits per heavy atom. The van der Waals surface area contributed by atoms with Gasteiger partial charge >= 0.3 is 0 Å². The van der Waals surface area contributed by atoms with E-state index in [1.807, 2.05) is 30.3 Å². The first kappa shape index (κ1) is 15.7. The first-order valence-electron chi connectivity index (χ1n) is 6.61. The molecule has 0 unspecified atom stereocenters. The third kappa shape index (κ3) is 4.65. The highest BCUT2D eigenvalue weighted by atomic mass is 79.9. The number of hydrogen-bond acceptors (Lipinski definition) is 2. The molecule has 0 radical (unpaired) electrons. The molecule has 0 aromatic heterocycles. The molecular weight excluding hydrogens is 335 g/mol. The average Bonchev–Trinajstić information content (AvgIpc) is 2.49. The Bertz CT molecular complexity index is 619. The van der Waals surface area contributed by atoms with E-state index in [1.54, 1.807) is 0 Å². The van der Waals surface area contributed by atoms with E-state index >= 15 is 0 Å². The number of aryl methyl sites for hydroxylation is 1. The normalized spacial score (nSPS) is 12.0. The summed E-state index contributed by atoms with van der Waals surface area (Å²) in [6, 6.07) is 13.6. The zero-order chi connectivity index (χ0) is 15.2. The molecule has 2 rings (SSSR count). The number of amides is 1. The van der Waals surface area contributed by atoms with Crippen LogP contribution in [-0.4, -0.2) is 11.9 Å². The zero-order valence-corrected chi connectivity index (χ0v) is 12.9. The minimum absolute atomic E-state index is 0.274. The van der Waals surface area contributed by atoms with Gasteiger partial charge in [-0.05, 0) is 52.5 Å². The van der Waals surface area contributed by atoms with Gasteiger partial charge in [-0.15, -0.1) is 0 Å². The molecule has 21 heavy (non-hydrogen) atoms. The summed E-state index contributed by atoms with van der Waals surface area (Å²) in [6.07, 6.45) is 1.29. The molecule has 0 bridgehead atoms. The van der Waals surface area contributed by atoms with Crippen molar-refractivity contribution in [2.24, 2.45) is 5.73 Å². The Hall–Kier alpha value is -1.72. The lowest BCUT2D eigenvalue weighted by atomic mass is 10.1. The second-order valence-electron chi connectivity index (χ2n) is 4.75. The first-order valence-corrected chi connectivity index (χ1v) is 7.41. The van der Waals surface area contributed by atoms with Crippen molar-refractivity contribution in [2.75, 3.05) is 5.32 Å². The molecule has 2 aromatic carbocycles. The smallest absolute Gasteiger partial charge is 0.241 e. The number of anilines is 1. The minimum atomic E-state index is -0.603. The molecule has 110 valence electrons. The van der Waals surface area contributed by atoms with E-state index in [-0.39, 0.29) is 11.7 Å². The van der Waals surface area contributed by atoms with E-state index in [9.17, 15) is 9.18 Å². The van der Waals surface area contributed by atoms with Crippen LogP contribution in [0, 0.1) is 5.82 Å². The summed E-state index contributed by atoms with van der Waals surface area (Å²) in [6.45, 7) is 0. The van der Waals surface area contributed by atoms with E-state index in [2.05, 4.69) is 21.2 Å². The van der Waals surface area contributed by atoms with Crippen LogP contribution in [0.25, 0.3) is 0 Å². The highest BCUT2D eigenvalue weighted by Crippen LogP contribution is 2.20. The lowest BCUT2D eigenvalue weighted by Crippen LogP contribution is -2.36. The lowest BCUT2D eigenvalue weighted by molar-refractivity contribution is -0.117. The Kier molecular flexibility index (Phi) is 5.47. The van der Waals surface area contributed by atoms with Crippen LogP contribution in [0.4, 0.5) is 10.1 Å². The summed E-state index contributed by atoms with van der Waals surface area (Å²) in [4.78, 5) is 12.0. The van der Waals surface area contributed by atoms with Gasteiger partial charge in [0.15, 0.2) is 0 Å². The van der Waals surface area contributed by atoms with Crippen LogP contribution in [0.15, 0.2) is 53.0 Å². The monoisotopic (exact) mass is 350 g/mol. The Morgan fingerprint density at radius 2 is 1.95 bits per heavy atom. The topological polar surface area (TPSA) is 55.1 Å². The van der Waals surface area contributed by atoms with Crippen molar-refractivity contribution in [2.45, 2.75) is 18.9 Å². The first-order chi connectivity index (χ1) is 10.1. The molecule has 0 aliphatic rings. The van der Waals surface area contributed by atoms with Crippen molar-refractivity contribution in [3.05, 3.63) is 64.4 Å². The highest BCUT2D eigenvalue weighted by molar-refractivity contribution is 9.10. The molecular formula is C16H16BrFN2O. The standard InChI is InChI=1S/C16H16BrFN2O/c17-13-10-12(7-8-14(13)18)20-16(21)15(19)9-6-11-4-2-1-3-5-11/h1-5,7-8,10,15H,6,9,19H2,(H,20,21)/t15-/m0/s1. The van der Waals surface area contributed by atoms with E-state index in [4.69, 9.17) is 5.73 Å². The van der Waals surface area contributed by atoms with E-state index in [1.165, 1.54) is 18.2 Å². The summed E-state index contributed by atoms with van der Waals surface area (Å²) in [5.41, 5.74) is 7.54. The summed E-state index contributed by atoms with van der Waals surface area (Å²) in [5.74, 6) is -0.647. The SMILES string of the molecule is N[C@@H](CCc1ccccc1)C(=O)Nc1ccc(F)c(Br)c1. The maximum absolute atomic E-state index is 13.1. The molecule has 3 nitrogen and oxygen atoms in total. The molecule has 1 atom stereocenters. The van der Waals surface area contributed by atoms with Gasteiger partial charge in [0, 0.05) is 5.69 Å². The summed E-state index contributed by atoms with van der Waals surface area (Å²) >= 11 is 3.08. The van der Waals surface area contributed by atoms with Crippen molar-refractivity contribution in [1.29, 1.82) is 0 Å². The van der Waals surface area contributed by atoms with Gasteiger partial charge in [-0.25, -0.2) is 4.39 Å². The average molecular weight is 351 g/mol. The molecule has 5 heteroatoms. The Balaban J connectivity index is 1.89. The molecule has 0 saturated heterocycles. The largest absolute Gasteiger partial charge is 0.325 e. The molecule has 0 spiro atoms. The quantitative estimate of drug-likeness (QED) is 0.867. The number of benzene rings is 2.